The number of halogens is 1. The lowest BCUT2D eigenvalue weighted by molar-refractivity contribution is 0.0243. The van der Waals surface area contributed by atoms with Gasteiger partial charge in [-0.15, -0.1) is 6.42 Å². The van der Waals surface area contributed by atoms with Crippen LogP contribution in [0.15, 0.2) is 48.5 Å². The maximum Gasteiger partial charge on any atom is 0.123 e. The molecule has 0 heterocycles. The van der Waals surface area contributed by atoms with E-state index in [9.17, 15) is 9.50 Å². The van der Waals surface area contributed by atoms with Crippen molar-refractivity contribution in [1.82, 2.24) is 4.90 Å². The third kappa shape index (κ3) is 6.85. The van der Waals surface area contributed by atoms with Crippen LogP contribution in [0, 0.1) is 18.2 Å². The van der Waals surface area contributed by atoms with Gasteiger partial charge in [0.2, 0.25) is 0 Å². The van der Waals surface area contributed by atoms with E-state index in [4.69, 9.17) is 15.9 Å². The Balaban J connectivity index is 2.03. The molecule has 2 aromatic rings. The highest BCUT2D eigenvalue weighted by Crippen LogP contribution is 2.15. The zero-order valence-electron chi connectivity index (χ0n) is 14.9. The van der Waals surface area contributed by atoms with Crippen molar-refractivity contribution in [3.05, 3.63) is 65.5 Å². The molecular weight excluding hydrogens is 333 g/mol. The number of hydrogen-bond donors (Lipinski definition) is 1. The van der Waals surface area contributed by atoms with Gasteiger partial charge in [-0.25, -0.2) is 4.39 Å². The Morgan fingerprint density at radius 3 is 2.19 bits per heavy atom. The first-order valence-corrected chi connectivity index (χ1v) is 8.39. The van der Waals surface area contributed by atoms with Crippen LogP contribution in [0.5, 0.6) is 5.75 Å². The van der Waals surface area contributed by atoms with Crippen LogP contribution in [-0.2, 0) is 17.8 Å². The Kier molecular flexibility index (Phi) is 8.10. The van der Waals surface area contributed by atoms with Crippen LogP contribution in [0.25, 0.3) is 0 Å². The summed E-state index contributed by atoms with van der Waals surface area (Å²) in [5.74, 6) is 2.91. The van der Waals surface area contributed by atoms with Gasteiger partial charge in [-0.3, -0.25) is 4.90 Å². The predicted molar refractivity (Wildman–Crippen MR) is 99.2 cm³/mol. The molecule has 4 nitrogen and oxygen atoms in total. The molecule has 0 aliphatic rings. The molecule has 0 aromatic heterocycles. The van der Waals surface area contributed by atoms with Crippen molar-refractivity contribution in [2.45, 2.75) is 19.2 Å². The summed E-state index contributed by atoms with van der Waals surface area (Å²) in [6.07, 6.45) is 4.48. The molecule has 2 rings (SSSR count). The third-order valence-electron chi connectivity index (χ3n) is 3.85. The predicted octanol–water partition coefficient (Wildman–Crippen LogP) is 2.85. The lowest BCUT2D eigenvalue weighted by Gasteiger charge is -2.25. The van der Waals surface area contributed by atoms with E-state index in [1.54, 1.807) is 19.2 Å². The molecule has 2 aromatic carbocycles. The largest absolute Gasteiger partial charge is 0.497 e. The quantitative estimate of drug-likeness (QED) is 0.524. The van der Waals surface area contributed by atoms with Gasteiger partial charge in [0.05, 0.1) is 19.8 Å². The molecule has 0 aliphatic carbocycles. The maximum atomic E-state index is 13.1. The standard InChI is InChI=1S/C21H24FNO3/c1-3-12-26-16-20(24)15-23(13-17-4-8-19(22)9-5-17)14-18-6-10-21(25-2)11-7-18/h1,4-11,20,24H,12-16H2,2H3/t20-/m0/s1. The molecule has 26 heavy (non-hydrogen) atoms. The summed E-state index contributed by atoms with van der Waals surface area (Å²) in [5, 5.41) is 10.2. The molecule has 0 amide bonds. The van der Waals surface area contributed by atoms with Gasteiger partial charge in [0, 0.05) is 19.6 Å². The van der Waals surface area contributed by atoms with Gasteiger partial charge in [-0.2, -0.15) is 0 Å². The van der Waals surface area contributed by atoms with Gasteiger partial charge in [0.15, 0.2) is 0 Å². The third-order valence-corrected chi connectivity index (χ3v) is 3.85. The summed E-state index contributed by atoms with van der Waals surface area (Å²) in [4.78, 5) is 2.08. The molecule has 5 heteroatoms. The highest BCUT2D eigenvalue weighted by molar-refractivity contribution is 5.27. The molecule has 0 fully saturated rings. The highest BCUT2D eigenvalue weighted by atomic mass is 19.1. The first-order chi connectivity index (χ1) is 12.6. The summed E-state index contributed by atoms with van der Waals surface area (Å²) >= 11 is 0. The molecular formula is C21H24FNO3. The fourth-order valence-corrected chi connectivity index (χ4v) is 2.63. The normalized spacial score (nSPS) is 12.0. The van der Waals surface area contributed by atoms with E-state index < -0.39 is 6.10 Å². The van der Waals surface area contributed by atoms with Crippen LogP contribution < -0.4 is 4.74 Å². The number of nitrogens with zero attached hydrogens (tertiary/aromatic N) is 1. The summed E-state index contributed by atoms with van der Waals surface area (Å²) in [6.45, 7) is 1.97. The van der Waals surface area contributed by atoms with Gasteiger partial charge in [-0.05, 0) is 35.4 Å². The van der Waals surface area contributed by atoms with Gasteiger partial charge < -0.3 is 14.6 Å². The molecule has 138 valence electrons. The average Bonchev–Trinajstić information content (AvgIpc) is 2.64. The first-order valence-electron chi connectivity index (χ1n) is 8.39. The molecule has 1 N–H and O–H groups in total. The van der Waals surface area contributed by atoms with Gasteiger partial charge in [0.25, 0.3) is 0 Å². The fourth-order valence-electron chi connectivity index (χ4n) is 2.63. The van der Waals surface area contributed by atoms with Crippen molar-refractivity contribution in [3.63, 3.8) is 0 Å². The number of terminal acetylenes is 1. The SMILES string of the molecule is C#CCOC[C@@H](O)CN(Cc1ccc(F)cc1)Cc1ccc(OC)cc1. The Hall–Kier alpha value is -2.39. The second-order valence-electron chi connectivity index (χ2n) is 6.02. The van der Waals surface area contributed by atoms with E-state index in [1.165, 1.54) is 12.1 Å². The van der Waals surface area contributed by atoms with E-state index in [-0.39, 0.29) is 19.0 Å². The number of aliphatic hydroxyl groups is 1. The number of benzene rings is 2. The second kappa shape index (κ2) is 10.6. The lowest BCUT2D eigenvalue weighted by Crippen LogP contribution is -2.34. The molecule has 0 spiro atoms. The van der Waals surface area contributed by atoms with Gasteiger partial charge in [0.1, 0.15) is 18.2 Å². The monoisotopic (exact) mass is 357 g/mol. The minimum atomic E-state index is -0.665. The van der Waals surface area contributed by atoms with Crippen molar-refractivity contribution < 1.29 is 19.0 Å². The number of ether oxygens (including phenoxy) is 2. The number of aliphatic hydroxyl groups excluding tert-OH is 1. The summed E-state index contributed by atoms with van der Waals surface area (Å²) in [5.41, 5.74) is 2.06. The number of methoxy groups -OCH3 is 1. The summed E-state index contributed by atoms with van der Waals surface area (Å²) < 4.78 is 23.5. The lowest BCUT2D eigenvalue weighted by atomic mass is 10.1. The van der Waals surface area contributed by atoms with E-state index in [1.807, 2.05) is 24.3 Å². The molecule has 0 saturated carbocycles. The van der Waals surface area contributed by atoms with Crippen LogP contribution in [0.4, 0.5) is 4.39 Å². The van der Waals surface area contributed by atoms with Gasteiger partial charge in [-0.1, -0.05) is 30.2 Å². The molecule has 0 aliphatic heterocycles. The number of rotatable bonds is 10. The first kappa shape index (κ1) is 19.9. The topological polar surface area (TPSA) is 41.9 Å². The smallest absolute Gasteiger partial charge is 0.123 e. The van der Waals surface area contributed by atoms with E-state index in [0.29, 0.717) is 19.6 Å². The Bertz CT molecular complexity index is 695. The molecule has 0 bridgehead atoms. The summed E-state index contributed by atoms with van der Waals surface area (Å²) in [7, 11) is 1.63. The van der Waals surface area contributed by atoms with Crippen LogP contribution in [0.1, 0.15) is 11.1 Å². The van der Waals surface area contributed by atoms with Crippen molar-refractivity contribution >= 4 is 0 Å². The van der Waals surface area contributed by atoms with Crippen molar-refractivity contribution in [1.29, 1.82) is 0 Å². The average molecular weight is 357 g/mol. The molecule has 0 radical (unpaired) electrons. The number of hydrogen-bond acceptors (Lipinski definition) is 4. The second-order valence-corrected chi connectivity index (χ2v) is 6.02. The van der Waals surface area contributed by atoms with Crippen molar-refractivity contribution in [3.8, 4) is 18.1 Å². The van der Waals surface area contributed by atoms with Gasteiger partial charge >= 0.3 is 0 Å². The van der Waals surface area contributed by atoms with Crippen LogP contribution in [-0.4, -0.2) is 43.0 Å². The zero-order chi connectivity index (χ0) is 18.8. The molecule has 0 unspecified atom stereocenters. The highest BCUT2D eigenvalue weighted by Gasteiger charge is 2.14. The van der Waals surface area contributed by atoms with E-state index >= 15 is 0 Å². The summed E-state index contributed by atoms with van der Waals surface area (Å²) in [6, 6.07) is 14.1. The van der Waals surface area contributed by atoms with Crippen molar-refractivity contribution in [2.75, 3.05) is 26.9 Å². The fraction of sp³-hybridized carbons (Fsp3) is 0.333. The van der Waals surface area contributed by atoms with E-state index in [0.717, 1.165) is 16.9 Å². The van der Waals surface area contributed by atoms with Crippen LogP contribution in [0.3, 0.4) is 0 Å². The Morgan fingerprint density at radius 2 is 1.65 bits per heavy atom. The Labute approximate surface area is 154 Å². The van der Waals surface area contributed by atoms with Crippen LogP contribution >= 0.6 is 0 Å². The van der Waals surface area contributed by atoms with Crippen LogP contribution in [0.2, 0.25) is 0 Å². The maximum absolute atomic E-state index is 13.1. The zero-order valence-corrected chi connectivity index (χ0v) is 14.9. The molecule has 1 atom stereocenters. The minimum Gasteiger partial charge on any atom is -0.497 e. The minimum absolute atomic E-state index is 0.173. The van der Waals surface area contributed by atoms with Crippen molar-refractivity contribution in [2.24, 2.45) is 0 Å². The van der Waals surface area contributed by atoms with E-state index in [2.05, 4.69) is 10.8 Å². The Morgan fingerprint density at radius 1 is 1.08 bits per heavy atom. The molecule has 0 saturated heterocycles.